The first kappa shape index (κ1) is 25.2. The topological polar surface area (TPSA) is 125 Å². The molecule has 0 fully saturated rings. The first-order valence-corrected chi connectivity index (χ1v) is 11.1. The van der Waals surface area contributed by atoms with Crippen LogP contribution < -0.4 is 11.1 Å². The molecule has 35 heavy (non-hydrogen) atoms. The predicted molar refractivity (Wildman–Crippen MR) is 135 cm³/mol. The van der Waals surface area contributed by atoms with E-state index in [2.05, 4.69) is 16.5 Å². The molecule has 0 bridgehead atoms. The van der Waals surface area contributed by atoms with E-state index in [4.69, 9.17) is 10.3 Å². The maximum Gasteiger partial charge on any atom is 0.292 e. The Kier molecular flexibility index (Phi) is 7.40. The van der Waals surface area contributed by atoms with E-state index in [0.717, 1.165) is 16.7 Å². The maximum atomic E-state index is 13.0. The first-order chi connectivity index (χ1) is 16.5. The molecule has 2 amide bonds. The fraction of sp³-hybridized carbons (Fsp3) is 0.259. The molecule has 0 spiro atoms. The number of nitrogens with zero attached hydrogens (tertiary/aromatic N) is 3. The van der Waals surface area contributed by atoms with Gasteiger partial charge in [-0.1, -0.05) is 32.0 Å². The fourth-order valence-electron chi connectivity index (χ4n) is 3.43. The molecular formula is C27H29N5O3. The normalized spacial score (nSPS) is 11.3. The molecule has 1 heterocycles. The molecule has 0 saturated heterocycles. The van der Waals surface area contributed by atoms with Crippen LogP contribution in [0.2, 0.25) is 0 Å². The number of rotatable bonds is 6. The largest absolute Gasteiger partial charge is 0.405 e. The Morgan fingerprint density at radius 1 is 1.20 bits per heavy atom. The van der Waals surface area contributed by atoms with Crippen LogP contribution in [-0.2, 0) is 5.41 Å². The quantitative estimate of drug-likeness (QED) is 0.540. The maximum absolute atomic E-state index is 13.0. The fourth-order valence-corrected chi connectivity index (χ4v) is 3.43. The van der Waals surface area contributed by atoms with Crippen LogP contribution in [0.5, 0.6) is 0 Å². The highest BCUT2D eigenvalue weighted by molar-refractivity contribution is 6.05. The second-order valence-corrected chi connectivity index (χ2v) is 9.33. The lowest BCUT2D eigenvalue weighted by atomic mass is 9.85. The van der Waals surface area contributed by atoms with E-state index < -0.39 is 0 Å². The number of carbonyl (C=O) groups excluding carboxylic acids is 2. The van der Waals surface area contributed by atoms with Crippen LogP contribution in [0.25, 0.3) is 11.3 Å². The van der Waals surface area contributed by atoms with Gasteiger partial charge in [0, 0.05) is 36.5 Å². The molecule has 3 N–H and O–H groups in total. The third kappa shape index (κ3) is 5.95. The zero-order chi connectivity index (χ0) is 25.8. The van der Waals surface area contributed by atoms with Crippen molar-refractivity contribution in [2.75, 3.05) is 18.9 Å². The minimum absolute atomic E-state index is 0.102. The van der Waals surface area contributed by atoms with Crippen molar-refractivity contribution in [3.8, 4) is 17.3 Å². The van der Waals surface area contributed by atoms with Crippen molar-refractivity contribution in [1.82, 2.24) is 10.1 Å². The zero-order valence-corrected chi connectivity index (χ0v) is 20.5. The number of benzene rings is 2. The van der Waals surface area contributed by atoms with Crippen molar-refractivity contribution in [3.05, 3.63) is 82.8 Å². The highest BCUT2D eigenvalue weighted by Gasteiger charge is 2.20. The molecule has 0 aliphatic carbocycles. The number of nitriles is 1. The second kappa shape index (κ2) is 10.3. The van der Waals surface area contributed by atoms with Crippen LogP contribution in [0.15, 0.2) is 59.3 Å². The molecule has 180 valence electrons. The Hall–Kier alpha value is -4.38. The lowest BCUT2D eigenvalue weighted by molar-refractivity contribution is 0.0769. The Morgan fingerprint density at radius 2 is 1.94 bits per heavy atom. The van der Waals surface area contributed by atoms with E-state index >= 15 is 0 Å². The van der Waals surface area contributed by atoms with E-state index in [1.807, 2.05) is 33.8 Å². The minimum Gasteiger partial charge on any atom is -0.405 e. The van der Waals surface area contributed by atoms with Crippen molar-refractivity contribution in [2.45, 2.75) is 33.1 Å². The van der Waals surface area contributed by atoms with Crippen molar-refractivity contribution < 1.29 is 14.1 Å². The van der Waals surface area contributed by atoms with Gasteiger partial charge in [-0.2, -0.15) is 5.26 Å². The summed E-state index contributed by atoms with van der Waals surface area (Å²) in [7, 11) is 1.64. The van der Waals surface area contributed by atoms with Crippen molar-refractivity contribution >= 4 is 17.5 Å². The summed E-state index contributed by atoms with van der Waals surface area (Å²) in [6.45, 7) is 8.33. The number of aromatic nitrogens is 1. The number of anilines is 1. The van der Waals surface area contributed by atoms with Gasteiger partial charge in [0.1, 0.15) is 5.69 Å². The lowest BCUT2D eigenvalue weighted by Gasteiger charge is -2.20. The monoisotopic (exact) mass is 471 g/mol. The third-order valence-electron chi connectivity index (χ3n) is 5.54. The summed E-state index contributed by atoms with van der Waals surface area (Å²) in [5.74, 6) is -0.547. The Labute approximate surface area is 205 Å². The summed E-state index contributed by atoms with van der Waals surface area (Å²) in [5.41, 5.74) is 9.51. The Balaban J connectivity index is 1.86. The molecule has 0 aliphatic rings. The molecule has 8 heteroatoms. The van der Waals surface area contributed by atoms with Crippen LogP contribution in [0, 0.1) is 18.3 Å². The van der Waals surface area contributed by atoms with Gasteiger partial charge in [0.15, 0.2) is 0 Å². The van der Waals surface area contributed by atoms with Crippen LogP contribution in [0.4, 0.5) is 5.69 Å². The highest BCUT2D eigenvalue weighted by Crippen LogP contribution is 2.28. The SMILES string of the molecule is Cc1ccc(NC(=O)c2cc(C#N)cc(C(C)(C)C)c2)cc1-c1cc(C(=O)N(C)C/C=C/N)on1. The van der Waals surface area contributed by atoms with Crippen LogP contribution in [0.1, 0.15) is 58.4 Å². The molecule has 0 radical (unpaired) electrons. The molecule has 0 aliphatic heterocycles. The molecule has 0 atom stereocenters. The number of carbonyl (C=O) groups is 2. The number of nitrogens with one attached hydrogen (secondary N) is 1. The van der Waals surface area contributed by atoms with Gasteiger partial charge < -0.3 is 20.5 Å². The smallest absolute Gasteiger partial charge is 0.292 e. The average molecular weight is 472 g/mol. The van der Waals surface area contributed by atoms with E-state index in [-0.39, 0.29) is 23.0 Å². The number of nitrogens with two attached hydrogens (primary N) is 1. The molecule has 8 nitrogen and oxygen atoms in total. The Bertz CT molecular complexity index is 1330. The van der Waals surface area contributed by atoms with E-state index in [1.165, 1.54) is 11.1 Å². The third-order valence-corrected chi connectivity index (χ3v) is 5.54. The molecule has 3 aromatic rings. The van der Waals surface area contributed by atoms with Gasteiger partial charge >= 0.3 is 0 Å². The molecule has 2 aromatic carbocycles. The van der Waals surface area contributed by atoms with Gasteiger partial charge in [-0.3, -0.25) is 9.59 Å². The zero-order valence-electron chi connectivity index (χ0n) is 20.5. The summed E-state index contributed by atoms with van der Waals surface area (Å²) in [6.07, 6.45) is 3.03. The Morgan fingerprint density at radius 3 is 2.60 bits per heavy atom. The molecule has 0 saturated carbocycles. The average Bonchev–Trinajstić information content (AvgIpc) is 3.32. The van der Waals surface area contributed by atoms with Crippen molar-refractivity contribution in [1.29, 1.82) is 5.26 Å². The van der Waals surface area contributed by atoms with E-state index in [1.54, 1.807) is 49.5 Å². The summed E-state index contributed by atoms with van der Waals surface area (Å²) in [5, 5.41) is 16.4. The van der Waals surface area contributed by atoms with E-state index in [9.17, 15) is 14.9 Å². The van der Waals surface area contributed by atoms with Gasteiger partial charge in [-0.25, -0.2) is 0 Å². The molecule has 3 rings (SSSR count). The number of amides is 2. The molecule has 0 unspecified atom stereocenters. The number of likely N-dealkylation sites (N-methyl/N-ethyl adjacent to an activating group) is 1. The van der Waals surface area contributed by atoms with Gasteiger partial charge in [-0.15, -0.1) is 0 Å². The van der Waals surface area contributed by atoms with Crippen LogP contribution in [0.3, 0.4) is 0 Å². The van der Waals surface area contributed by atoms with Gasteiger partial charge in [0.2, 0.25) is 5.76 Å². The van der Waals surface area contributed by atoms with Crippen molar-refractivity contribution in [2.24, 2.45) is 5.73 Å². The minimum atomic E-state index is -0.326. The summed E-state index contributed by atoms with van der Waals surface area (Å²) in [6, 6.07) is 14.3. The first-order valence-electron chi connectivity index (χ1n) is 11.1. The summed E-state index contributed by atoms with van der Waals surface area (Å²) >= 11 is 0. The molecule has 1 aromatic heterocycles. The van der Waals surface area contributed by atoms with Crippen LogP contribution in [-0.4, -0.2) is 35.5 Å². The van der Waals surface area contributed by atoms with Gasteiger partial charge in [0.25, 0.3) is 11.8 Å². The number of hydrogen-bond acceptors (Lipinski definition) is 6. The summed E-state index contributed by atoms with van der Waals surface area (Å²) in [4.78, 5) is 27.0. The highest BCUT2D eigenvalue weighted by atomic mass is 16.5. The van der Waals surface area contributed by atoms with Gasteiger partial charge in [-0.05, 0) is 66.1 Å². The molecular weight excluding hydrogens is 442 g/mol. The van der Waals surface area contributed by atoms with E-state index in [0.29, 0.717) is 29.1 Å². The summed E-state index contributed by atoms with van der Waals surface area (Å²) < 4.78 is 5.28. The standard InChI is InChI=1S/C27H29N5O3/c1-17-7-8-21(30-25(33)19-11-18(16-29)12-20(13-19)27(2,3)4)14-22(17)23-15-24(35-31-23)26(34)32(5)10-6-9-28/h6-9,11-15H,10,28H2,1-5H3,(H,30,33)/b9-6+. The predicted octanol–water partition coefficient (Wildman–Crippen LogP) is 4.62. The number of aryl methyl sites for hydroxylation is 1. The number of hydrogen-bond donors (Lipinski definition) is 2. The van der Waals surface area contributed by atoms with Crippen LogP contribution >= 0.6 is 0 Å². The lowest BCUT2D eigenvalue weighted by Crippen LogP contribution is -2.26. The van der Waals surface area contributed by atoms with Gasteiger partial charge in [0.05, 0.1) is 11.6 Å². The van der Waals surface area contributed by atoms with Crippen molar-refractivity contribution in [3.63, 3.8) is 0 Å². The second-order valence-electron chi connectivity index (χ2n) is 9.33.